The maximum Gasteiger partial charge on any atom is 0.146 e. The Bertz CT molecular complexity index is 439. The van der Waals surface area contributed by atoms with Crippen molar-refractivity contribution in [1.29, 1.82) is 0 Å². The fourth-order valence-electron chi connectivity index (χ4n) is 4.37. The molecule has 2 aliphatic rings. The maximum absolute atomic E-state index is 11.4. The highest BCUT2D eigenvalue weighted by Crippen LogP contribution is 2.63. The van der Waals surface area contributed by atoms with E-state index in [4.69, 9.17) is 0 Å². The summed E-state index contributed by atoms with van der Waals surface area (Å²) >= 11 is 0. The van der Waals surface area contributed by atoms with Crippen LogP contribution in [0.3, 0.4) is 0 Å². The smallest absolute Gasteiger partial charge is 0.146 e. The number of fused-ring (bicyclic) bond motifs is 1. The Morgan fingerprint density at radius 2 is 1.95 bits per heavy atom. The van der Waals surface area contributed by atoms with Gasteiger partial charge in [-0.3, -0.25) is 4.79 Å². The molecule has 4 atom stereocenters. The molecule has 0 aromatic rings. The summed E-state index contributed by atoms with van der Waals surface area (Å²) < 4.78 is 0. The molecule has 1 saturated carbocycles. The molecule has 4 nitrogen and oxygen atoms in total. The first kappa shape index (κ1) is 14.7. The molecule has 4 heteroatoms. The van der Waals surface area contributed by atoms with Crippen molar-refractivity contribution in [2.45, 2.75) is 52.2 Å². The number of rotatable bonds is 2. The molecular formula is C15H24O4. The van der Waals surface area contributed by atoms with Gasteiger partial charge in [0.1, 0.15) is 11.9 Å². The van der Waals surface area contributed by atoms with Crippen LogP contribution >= 0.6 is 0 Å². The van der Waals surface area contributed by atoms with Gasteiger partial charge >= 0.3 is 0 Å². The van der Waals surface area contributed by atoms with Crippen LogP contribution in [-0.4, -0.2) is 39.9 Å². The Morgan fingerprint density at radius 3 is 2.42 bits per heavy atom. The molecule has 0 spiro atoms. The Labute approximate surface area is 114 Å². The monoisotopic (exact) mass is 268 g/mol. The molecule has 0 saturated heterocycles. The van der Waals surface area contributed by atoms with Gasteiger partial charge in [0.15, 0.2) is 0 Å². The highest BCUT2D eigenvalue weighted by Gasteiger charge is 2.65. The zero-order valence-corrected chi connectivity index (χ0v) is 12.1. The lowest BCUT2D eigenvalue weighted by molar-refractivity contribution is -0.122. The van der Waals surface area contributed by atoms with E-state index in [2.05, 4.69) is 0 Å². The molecule has 0 aromatic carbocycles. The minimum atomic E-state index is -1.42. The standard InChI is InChI=1S/C15H24O4/c1-9-5-11(18)15(19)12(10(9)6-16)14(4,8-17)7-13(15,2)3/h6,9,11,17-19H,5,7-8H2,1-4H3/t9-,11-,14-,15+/m1/s1. The molecule has 0 amide bonds. The molecule has 19 heavy (non-hydrogen) atoms. The highest BCUT2D eigenvalue weighted by atomic mass is 16.3. The number of allylic oxidation sites excluding steroid dienone is 1. The first-order valence-corrected chi connectivity index (χ1v) is 6.85. The van der Waals surface area contributed by atoms with E-state index in [9.17, 15) is 20.1 Å². The Morgan fingerprint density at radius 1 is 1.37 bits per heavy atom. The topological polar surface area (TPSA) is 77.8 Å². The second kappa shape index (κ2) is 4.14. The van der Waals surface area contributed by atoms with Crippen LogP contribution in [0.5, 0.6) is 0 Å². The molecular weight excluding hydrogens is 244 g/mol. The van der Waals surface area contributed by atoms with Crippen molar-refractivity contribution in [1.82, 2.24) is 0 Å². The van der Waals surface area contributed by atoms with Crippen LogP contribution in [0, 0.1) is 16.7 Å². The minimum Gasteiger partial charge on any atom is -0.395 e. The van der Waals surface area contributed by atoms with Gasteiger partial charge in [-0.1, -0.05) is 27.7 Å². The van der Waals surface area contributed by atoms with Crippen LogP contribution < -0.4 is 0 Å². The van der Waals surface area contributed by atoms with E-state index in [1.54, 1.807) is 0 Å². The maximum atomic E-state index is 11.4. The van der Waals surface area contributed by atoms with Gasteiger partial charge in [0.2, 0.25) is 0 Å². The third kappa shape index (κ3) is 1.66. The van der Waals surface area contributed by atoms with Gasteiger partial charge in [0, 0.05) is 10.8 Å². The zero-order chi connectivity index (χ0) is 14.6. The number of carbonyl (C=O) groups excluding carboxylic acids is 1. The SMILES string of the molecule is C[C@@H]1C[C@@H](O)[C@]2(O)C(=C1C=O)[C@@](C)(CO)CC2(C)C. The molecule has 108 valence electrons. The second-order valence-electron chi connectivity index (χ2n) is 7.15. The normalized spacial score (nSPS) is 45.2. The molecule has 0 aromatic heterocycles. The van der Waals surface area contributed by atoms with Crippen molar-refractivity contribution in [3.8, 4) is 0 Å². The summed E-state index contributed by atoms with van der Waals surface area (Å²) in [5.41, 5.74) is -1.55. The van der Waals surface area contributed by atoms with Crippen LogP contribution in [0.15, 0.2) is 11.1 Å². The van der Waals surface area contributed by atoms with E-state index < -0.39 is 22.5 Å². The molecule has 0 heterocycles. The van der Waals surface area contributed by atoms with Gasteiger partial charge in [-0.05, 0) is 29.9 Å². The molecule has 3 N–H and O–H groups in total. The average Bonchev–Trinajstić information content (AvgIpc) is 2.47. The zero-order valence-electron chi connectivity index (χ0n) is 12.1. The van der Waals surface area contributed by atoms with E-state index in [1.807, 2.05) is 27.7 Å². The summed E-state index contributed by atoms with van der Waals surface area (Å²) in [5, 5.41) is 31.3. The van der Waals surface area contributed by atoms with E-state index >= 15 is 0 Å². The van der Waals surface area contributed by atoms with Gasteiger partial charge in [0.05, 0.1) is 12.7 Å². The molecule has 2 rings (SSSR count). The van der Waals surface area contributed by atoms with Gasteiger partial charge in [0.25, 0.3) is 0 Å². The number of aliphatic hydroxyl groups excluding tert-OH is 2. The largest absolute Gasteiger partial charge is 0.395 e. The number of hydrogen-bond acceptors (Lipinski definition) is 4. The molecule has 0 bridgehead atoms. The summed E-state index contributed by atoms with van der Waals surface area (Å²) in [6.07, 6.45) is 0.804. The lowest BCUT2D eigenvalue weighted by Gasteiger charge is -2.46. The summed E-state index contributed by atoms with van der Waals surface area (Å²) in [6, 6.07) is 0. The van der Waals surface area contributed by atoms with Crippen molar-refractivity contribution >= 4 is 6.29 Å². The van der Waals surface area contributed by atoms with Gasteiger partial charge in [-0.25, -0.2) is 0 Å². The van der Waals surface area contributed by atoms with Crippen LogP contribution in [0.2, 0.25) is 0 Å². The number of hydrogen-bond donors (Lipinski definition) is 3. The van der Waals surface area contributed by atoms with Crippen LogP contribution in [-0.2, 0) is 4.79 Å². The molecule has 1 fully saturated rings. The van der Waals surface area contributed by atoms with Crippen LogP contribution in [0.4, 0.5) is 0 Å². The van der Waals surface area contributed by atoms with Gasteiger partial charge < -0.3 is 15.3 Å². The van der Waals surface area contributed by atoms with Gasteiger partial charge in [-0.15, -0.1) is 0 Å². The Kier molecular flexibility index (Phi) is 3.20. The van der Waals surface area contributed by atoms with E-state index in [0.717, 1.165) is 6.29 Å². The van der Waals surface area contributed by atoms with Crippen molar-refractivity contribution < 1.29 is 20.1 Å². The number of carbonyl (C=O) groups is 1. The highest BCUT2D eigenvalue weighted by molar-refractivity contribution is 5.78. The number of aliphatic hydroxyl groups is 3. The van der Waals surface area contributed by atoms with Crippen LogP contribution in [0.25, 0.3) is 0 Å². The van der Waals surface area contributed by atoms with Crippen LogP contribution in [0.1, 0.15) is 40.5 Å². The minimum absolute atomic E-state index is 0.0949. The first-order chi connectivity index (χ1) is 8.64. The molecule has 0 aliphatic heterocycles. The first-order valence-electron chi connectivity index (χ1n) is 6.85. The summed E-state index contributed by atoms with van der Waals surface area (Å²) in [6.45, 7) is 7.37. The number of aldehydes is 1. The Balaban J connectivity index is 2.77. The van der Waals surface area contributed by atoms with E-state index in [-0.39, 0.29) is 12.5 Å². The summed E-state index contributed by atoms with van der Waals surface area (Å²) in [5.74, 6) is -0.0949. The van der Waals surface area contributed by atoms with Crippen molar-refractivity contribution in [2.24, 2.45) is 16.7 Å². The van der Waals surface area contributed by atoms with Crippen molar-refractivity contribution in [2.75, 3.05) is 6.61 Å². The third-order valence-corrected chi connectivity index (χ3v) is 5.20. The molecule has 0 radical (unpaired) electrons. The fraction of sp³-hybridized carbons (Fsp3) is 0.800. The molecule has 0 unspecified atom stereocenters. The lowest BCUT2D eigenvalue weighted by Crippen LogP contribution is -2.55. The van der Waals surface area contributed by atoms with Gasteiger partial charge in [-0.2, -0.15) is 0 Å². The fourth-order valence-corrected chi connectivity index (χ4v) is 4.37. The van der Waals surface area contributed by atoms with Crippen molar-refractivity contribution in [3.63, 3.8) is 0 Å². The van der Waals surface area contributed by atoms with E-state index in [1.165, 1.54) is 0 Å². The second-order valence-corrected chi connectivity index (χ2v) is 7.15. The predicted octanol–water partition coefficient (Wildman–Crippen LogP) is 1.04. The van der Waals surface area contributed by atoms with E-state index in [0.29, 0.717) is 24.0 Å². The predicted molar refractivity (Wildman–Crippen MR) is 71.4 cm³/mol. The Hall–Kier alpha value is -0.710. The summed E-state index contributed by atoms with van der Waals surface area (Å²) in [7, 11) is 0. The quantitative estimate of drug-likeness (QED) is 0.654. The summed E-state index contributed by atoms with van der Waals surface area (Å²) in [4.78, 5) is 11.4. The average molecular weight is 268 g/mol. The van der Waals surface area contributed by atoms with Crippen molar-refractivity contribution in [3.05, 3.63) is 11.1 Å². The third-order valence-electron chi connectivity index (χ3n) is 5.20. The molecule has 2 aliphatic carbocycles. The lowest BCUT2D eigenvalue weighted by atomic mass is 9.64.